The largest absolute Gasteiger partial charge is 0.508 e. The molecule has 3 aliphatic rings. The SMILES string of the molecule is CCC[C@H](C)N1CC[C@]23CCCC[C@H]2[C@H]1Cc1ccc(O)cc13. The van der Waals surface area contributed by atoms with Gasteiger partial charge in [-0.2, -0.15) is 0 Å². The van der Waals surface area contributed by atoms with E-state index in [1.807, 2.05) is 6.07 Å². The average molecular weight is 313 g/mol. The number of phenols is 1. The summed E-state index contributed by atoms with van der Waals surface area (Å²) in [6, 6.07) is 7.65. The molecule has 1 N–H and O–H groups in total. The van der Waals surface area contributed by atoms with Crippen molar-refractivity contribution in [2.24, 2.45) is 5.92 Å². The molecule has 2 aliphatic carbocycles. The lowest BCUT2D eigenvalue weighted by molar-refractivity contribution is -0.0317. The Morgan fingerprint density at radius 3 is 3.00 bits per heavy atom. The van der Waals surface area contributed by atoms with Crippen LogP contribution in [0.2, 0.25) is 0 Å². The van der Waals surface area contributed by atoms with Gasteiger partial charge in [0.25, 0.3) is 0 Å². The zero-order valence-corrected chi connectivity index (χ0v) is 14.7. The number of benzene rings is 1. The molecule has 0 radical (unpaired) electrons. The van der Waals surface area contributed by atoms with Gasteiger partial charge in [-0.3, -0.25) is 4.90 Å². The number of fused-ring (bicyclic) bond motifs is 1. The molecular weight excluding hydrogens is 282 g/mol. The van der Waals surface area contributed by atoms with Crippen molar-refractivity contribution in [3.63, 3.8) is 0 Å². The smallest absolute Gasteiger partial charge is 0.115 e. The molecule has 0 amide bonds. The summed E-state index contributed by atoms with van der Waals surface area (Å²) in [7, 11) is 0. The van der Waals surface area contributed by atoms with Crippen molar-refractivity contribution in [1.82, 2.24) is 4.90 Å². The highest BCUT2D eigenvalue weighted by atomic mass is 16.3. The molecule has 0 unspecified atom stereocenters. The van der Waals surface area contributed by atoms with Gasteiger partial charge in [0.1, 0.15) is 5.75 Å². The van der Waals surface area contributed by atoms with E-state index in [1.54, 1.807) is 0 Å². The Hall–Kier alpha value is -1.02. The van der Waals surface area contributed by atoms with Crippen LogP contribution in [0.25, 0.3) is 0 Å². The lowest BCUT2D eigenvalue weighted by atomic mass is 9.52. The maximum absolute atomic E-state index is 10.1. The highest BCUT2D eigenvalue weighted by Crippen LogP contribution is 2.56. The molecule has 4 atom stereocenters. The minimum absolute atomic E-state index is 0.359. The standard InChI is InChI=1S/C21H31NO/c1-3-6-15(2)22-12-11-21-10-5-4-7-18(21)20(22)13-16-8-9-17(23)14-19(16)21/h8-9,14-15,18,20,23H,3-7,10-13H2,1-2H3/t15-,18-,20+,21+/m0/s1. The summed E-state index contributed by atoms with van der Waals surface area (Å²) in [6.45, 7) is 5.99. The van der Waals surface area contributed by atoms with E-state index in [9.17, 15) is 5.11 Å². The fourth-order valence-corrected chi connectivity index (χ4v) is 6.15. The Kier molecular flexibility index (Phi) is 3.91. The predicted molar refractivity (Wildman–Crippen MR) is 94.9 cm³/mol. The normalized spacial score (nSPS) is 34.5. The highest BCUT2D eigenvalue weighted by Gasteiger charge is 2.54. The van der Waals surface area contributed by atoms with Gasteiger partial charge in [0.15, 0.2) is 0 Å². The van der Waals surface area contributed by atoms with Gasteiger partial charge in [0.05, 0.1) is 0 Å². The molecule has 23 heavy (non-hydrogen) atoms. The summed E-state index contributed by atoms with van der Waals surface area (Å²) >= 11 is 0. The molecule has 126 valence electrons. The Balaban J connectivity index is 1.76. The summed E-state index contributed by atoms with van der Waals surface area (Å²) < 4.78 is 0. The van der Waals surface area contributed by atoms with Crippen LogP contribution in [0.15, 0.2) is 18.2 Å². The third-order valence-electron chi connectivity index (χ3n) is 7.14. The second-order valence-corrected chi connectivity index (χ2v) is 8.25. The van der Waals surface area contributed by atoms with Crippen LogP contribution in [0, 0.1) is 5.92 Å². The monoisotopic (exact) mass is 313 g/mol. The number of hydrogen-bond donors (Lipinski definition) is 1. The van der Waals surface area contributed by atoms with Gasteiger partial charge in [-0.1, -0.05) is 32.3 Å². The minimum Gasteiger partial charge on any atom is -0.508 e. The Labute approximate surface area is 140 Å². The molecule has 2 heteroatoms. The third kappa shape index (κ3) is 2.33. The first kappa shape index (κ1) is 15.5. The van der Waals surface area contributed by atoms with Crippen LogP contribution in [-0.4, -0.2) is 28.6 Å². The van der Waals surface area contributed by atoms with Crippen LogP contribution in [-0.2, 0) is 11.8 Å². The average Bonchev–Trinajstić information content (AvgIpc) is 2.56. The Morgan fingerprint density at radius 2 is 2.17 bits per heavy atom. The van der Waals surface area contributed by atoms with E-state index in [2.05, 4.69) is 30.9 Å². The van der Waals surface area contributed by atoms with E-state index in [0.717, 1.165) is 12.0 Å². The van der Waals surface area contributed by atoms with E-state index in [0.29, 0.717) is 17.2 Å². The van der Waals surface area contributed by atoms with E-state index in [4.69, 9.17) is 0 Å². The fourth-order valence-electron chi connectivity index (χ4n) is 6.15. The van der Waals surface area contributed by atoms with E-state index in [-0.39, 0.29) is 0 Å². The van der Waals surface area contributed by atoms with Crippen LogP contribution >= 0.6 is 0 Å². The number of nitrogens with zero attached hydrogens (tertiary/aromatic N) is 1. The van der Waals surface area contributed by atoms with Crippen LogP contribution in [0.3, 0.4) is 0 Å². The summed E-state index contributed by atoms with van der Waals surface area (Å²) in [5.74, 6) is 1.27. The van der Waals surface area contributed by atoms with Gasteiger partial charge in [0.2, 0.25) is 0 Å². The molecule has 2 nitrogen and oxygen atoms in total. The third-order valence-corrected chi connectivity index (χ3v) is 7.14. The highest BCUT2D eigenvalue weighted by molar-refractivity contribution is 5.45. The zero-order chi connectivity index (χ0) is 16.0. The molecule has 4 rings (SSSR count). The molecule has 1 saturated heterocycles. The lowest BCUT2D eigenvalue weighted by Crippen LogP contribution is -2.62. The summed E-state index contributed by atoms with van der Waals surface area (Å²) in [5, 5.41) is 10.1. The van der Waals surface area contributed by atoms with Crippen molar-refractivity contribution >= 4 is 0 Å². The number of aromatic hydroxyl groups is 1. The maximum Gasteiger partial charge on any atom is 0.115 e. The van der Waals surface area contributed by atoms with Gasteiger partial charge < -0.3 is 5.11 Å². The van der Waals surface area contributed by atoms with Crippen LogP contribution in [0.5, 0.6) is 5.75 Å². The summed E-state index contributed by atoms with van der Waals surface area (Å²) in [6.07, 6.45) is 10.6. The topological polar surface area (TPSA) is 23.5 Å². The summed E-state index contributed by atoms with van der Waals surface area (Å²) in [4.78, 5) is 2.84. The van der Waals surface area contributed by atoms with E-state index < -0.39 is 0 Å². The van der Waals surface area contributed by atoms with Gasteiger partial charge in [-0.05, 0) is 74.8 Å². The Bertz CT molecular complexity index is 583. The molecular formula is C21H31NO. The molecule has 1 aromatic carbocycles. The molecule has 0 aromatic heterocycles. The quantitative estimate of drug-likeness (QED) is 0.879. The molecule has 1 heterocycles. The van der Waals surface area contributed by atoms with Crippen LogP contribution in [0.4, 0.5) is 0 Å². The zero-order valence-electron chi connectivity index (χ0n) is 14.7. The number of likely N-dealkylation sites (tertiary alicyclic amines) is 1. The van der Waals surface area contributed by atoms with Gasteiger partial charge in [-0.25, -0.2) is 0 Å². The van der Waals surface area contributed by atoms with Gasteiger partial charge in [0, 0.05) is 17.5 Å². The fraction of sp³-hybridized carbons (Fsp3) is 0.714. The first-order valence-corrected chi connectivity index (χ1v) is 9.74. The summed E-state index contributed by atoms with van der Waals surface area (Å²) in [5.41, 5.74) is 3.37. The molecule has 2 bridgehead atoms. The van der Waals surface area contributed by atoms with Crippen molar-refractivity contribution in [3.05, 3.63) is 29.3 Å². The first-order valence-electron chi connectivity index (χ1n) is 9.74. The maximum atomic E-state index is 10.1. The van der Waals surface area contributed by atoms with Crippen LogP contribution in [0.1, 0.15) is 69.9 Å². The molecule has 1 aromatic rings. The van der Waals surface area contributed by atoms with E-state index >= 15 is 0 Å². The van der Waals surface area contributed by atoms with Crippen molar-refractivity contribution in [3.8, 4) is 5.75 Å². The van der Waals surface area contributed by atoms with Crippen molar-refractivity contribution in [1.29, 1.82) is 0 Å². The van der Waals surface area contributed by atoms with Crippen molar-refractivity contribution in [2.45, 2.75) is 82.7 Å². The van der Waals surface area contributed by atoms with E-state index in [1.165, 1.54) is 69.0 Å². The minimum atomic E-state index is 0.359. The molecule has 2 fully saturated rings. The van der Waals surface area contributed by atoms with Gasteiger partial charge >= 0.3 is 0 Å². The molecule has 0 spiro atoms. The number of piperidine rings is 1. The number of rotatable bonds is 3. The van der Waals surface area contributed by atoms with Crippen molar-refractivity contribution in [2.75, 3.05) is 6.54 Å². The predicted octanol–water partition coefficient (Wildman–Crippen LogP) is 4.64. The lowest BCUT2D eigenvalue weighted by Gasteiger charge is -2.60. The van der Waals surface area contributed by atoms with Crippen molar-refractivity contribution < 1.29 is 5.11 Å². The molecule has 1 aliphatic heterocycles. The van der Waals surface area contributed by atoms with Crippen LogP contribution < -0.4 is 0 Å². The number of hydrogen-bond acceptors (Lipinski definition) is 2. The first-order chi connectivity index (χ1) is 11.2. The molecule has 1 saturated carbocycles. The number of phenolic OH excluding ortho intramolecular Hbond substituents is 1. The second kappa shape index (κ2) is 5.81. The Morgan fingerprint density at radius 1 is 1.30 bits per heavy atom. The second-order valence-electron chi connectivity index (χ2n) is 8.25. The van der Waals surface area contributed by atoms with Gasteiger partial charge in [-0.15, -0.1) is 0 Å².